The standard InChI is InChI=1S/C19H23F2NO3/c1-12-15(13-6-9-22-10-7-13)3-2-4-16(12)19(25,17(23)24)14-5-8-18(20,21)11-14/h2-4,6,14,22,25H,5,7-11H2,1H3,(H,23,24)/t14-,19-/m1/s1. The molecule has 0 bridgehead atoms. The Morgan fingerprint density at radius 3 is 2.72 bits per heavy atom. The van der Waals surface area contributed by atoms with E-state index in [0.717, 1.165) is 30.6 Å². The van der Waals surface area contributed by atoms with Crippen LogP contribution in [0, 0.1) is 12.8 Å². The third kappa shape index (κ3) is 3.20. The zero-order valence-electron chi connectivity index (χ0n) is 14.2. The molecule has 2 atom stereocenters. The summed E-state index contributed by atoms with van der Waals surface area (Å²) in [6.45, 7) is 3.32. The molecule has 0 radical (unpaired) electrons. The Bertz CT molecular complexity index is 717. The van der Waals surface area contributed by atoms with E-state index in [4.69, 9.17) is 0 Å². The van der Waals surface area contributed by atoms with Crippen molar-refractivity contribution in [2.75, 3.05) is 13.1 Å². The number of benzene rings is 1. The zero-order chi connectivity index (χ0) is 18.2. The molecule has 0 amide bonds. The topological polar surface area (TPSA) is 69.6 Å². The van der Waals surface area contributed by atoms with Crippen molar-refractivity contribution in [1.29, 1.82) is 0 Å². The van der Waals surface area contributed by atoms with Crippen molar-refractivity contribution in [3.8, 4) is 0 Å². The molecule has 6 heteroatoms. The van der Waals surface area contributed by atoms with Crippen molar-refractivity contribution < 1.29 is 23.8 Å². The molecule has 25 heavy (non-hydrogen) atoms. The number of nitrogens with one attached hydrogen (secondary N) is 1. The highest BCUT2D eigenvalue weighted by atomic mass is 19.3. The summed E-state index contributed by atoms with van der Waals surface area (Å²) in [6.07, 6.45) is 1.84. The summed E-state index contributed by atoms with van der Waals surface area (Å²) < 4.78 is 27.3. The van der Waals surface area contributed by atoms with Gasteiger partial charge in [0, 0.05) is 25.3 Å². The Hall–Kier alpha value is -1.79. The summed E-state index contributed by atoms with van der Waals surface area (Å²) in [4.78, 5) is 11.9. The highest BCUT2D eigenvalue weighted by molar-refractivity contribution is 5.82. The van der Waals surface area contributed by atoms with Gasteiger partial charge in [0.05, 0.1) is 0 Å². The maximum Gasteiger partial charge on any atom is 0.340 e. The molecular formula is C19H23F2NO3. The second kappa shape index (κ2) is 6.50. The lowest BCUT2D eigenvalue weighted by Crippen LogP contribution is -2.43. The summed E-state index contributed by atoms with van der Waals surface area (Å²) in [5.41, 5.74) is 0.537. The van der Waals surface area contributed by atoms with E-state index in [1.165, 1.54) is 0 Å². The van der Waals surface area contributed by atoms with Crippen LogP contribution in [0.15, 0.2) is 24.3 Å². The fourth-order valence-electron chi connectivity index (χ4n) is 4.08. The van der Waals surface area contributed by atoms with Gasteiger partial charge in [-0.1, -0.05) is 24.3 Å². The van der Waals surface area contributed by atoms with Gasteiger partial charge in [-0.25, -0.2) is 13.6 Å². The Labute approximate surface area is 145 Å². The molecule has 1 fully saturated rings. The van der Waals surface area contributed by atoms with Crippen molar-refractivity contribution in [2.24, 2.45) is 5.92 Å². The third-order valence-electron chi connectivity index (χ3n) is 5.47. The van der Waals surface area contributed by atoms with Crippen LogP contribution in [0.4, 0.5) is 8.78 Å². The smallest absolute Gasteiger partial charge is 0.340 e. The molecule has 1 aromatic rings. The molecule has 136 valence electrons. The van der Waals surface area contributed by atoms with Gasteiger partial charge in [0.15, 0.2) is 5.60 Å². The number of carbonyl (C=O) groups is 1. The highest BCUT2D eigenvalue weighted by Gasteiger charge is 2.54. The van der Waals surface area contributed by atoms with Gasteiger partial charge in [0.2, 0.25) is 5.92 Å². The predicted molar refractivity (Wildman–Crippen MR) is 90.5 cm³/mol. The lowest BCUT2D eigenvalue weighted by atomic mass is 9.76. The molecule has 1 heterocycles. The van der Waals surface area contributed by atoms with Gasteiger partial charge in [-0.2, -0.15) is 0 Å². The number of halogens is 2. The van der Waals surface area contributed by atoms with E-state index in [1.54, 1.807) is 19.1 Å². The van der Waals surface area contributed by atoms with E-state index in [1.807, 2.05) is 12.1 Å². The largest absolute Gasteiger partial charge is 0.479 e. The molecule has 4 nitrogen and oxygen atoms in total. The first-order chi connectivity index (χ1) is 11.8. The molecule has 3 rings (SSSR count). The average Bonchev–Trinajstić information content (AvgIpc) is 2.95. The zero-order valence-corrected chi connectivity index (χ0v) is 14.2. The first-order valence-electron chi connectivity index (χ1n) is 8.59. The molecule has 1 saturated carbocycles. The van der Waals surface area contributed by atoms with Crippen molar-refractivity contribution in [3.05, 3.63) is 41.0 Å². The van der Waals surface area contributed by atoms with Gasteiger partial charge in [0.25, 0.3) is 0 Å². The normalized spacial score (nSPS) is 25.3. The minimum Gasteiger partial charge on any atom is -0.479 e. The summed E-state index contributed by atoms with van der Waals surface area (Å²) in [5, 5.41) is 24.0. The van der Waals surface area contributed by atoms with Gasteiger partial charge in [-0.3, -0.25) is 0 Å². The van der Waals surface area contributed by atoms with Gasteiger partial charge in [-0.15, -0.1) is 0 Å². The lowest BCUT2D eigenvalue weighted by Gasteiger charge is -2.32. The van der Waals surface area contributed by atoms with Crippen molar-refractivity contribution in [3.63, 3.8) is 0 Å². The number of rotatable bonds is 4. The van der Waals surface area contributed by atoms with E-state index in [9.17, 15) is 23.8 Å². The highest BCUT2D eigenvalue weighted by Crippen LogP contribution is 2.48. The van der Waals surface area contributed by atoms with E-state index in [-0.39, 0.29) is 18.4 Å². The minimum atomic E-state index is -2.92. The van der Waals surface area contributed by atoms with Gasteiger partial charge in [0.1, 0.15) is 0 Å². The van der Waals surface area contributed by atoms with Crippen molar-refractivity contribution >= 4 is 11.5 Å². The molecule has 1 aromatic carbocycles. The third-order valence-corrected chi connectivity index (χ3v) is 5.47. The lowest BCUT2D eigenvalue weighted by molar-refractivity contribution is -0.167. The van der Waals surface area contributed by atoms with Crippen LogP contribution in [0.5, 0.6) is 0 Å². The fraction of sp³-hybridized carbons (Fsp3) is 0.526. The van der Waals surface area contributed by atoms with Crippen LogP contribution < -0.4 is 5.32 Å². The number of aliphatic hydroxyl groups is 1. The fourth-order valence-corrected chi connectivity index (χ4v) is 4.08. The van der Waals surface area contributed by atoms with Gasteiger partial charge < -0.3 is 15.5 Å². The molecule has 0 saturated heterocycles. The summed E-state index contributed by atoms with van der Waals surface area (Å²) in [6, 6.07) is 5.13. The number of alkyl halides is 2. The van der Waals surface area contributed by atoms with E-state index in [2.05, 4.69) is 5.32 Å². The van der Waals surface area contributed by atoms with Crippen molar-refractivity contribution in [2.45, 2.75) is 44.1 Å². The van der Waals surface area contributed by atoms with Crippen LogP contribution in [0.3, 0.4) is 0 Å². The van der Waals surface area contributed by atoms with E-state index < -0.39 is 29.8 Å². The summed E-state index contributed by atoms with van der Waals surface area (Å²) >= 11 is 0. The van der Waals surface area contributed by atoms with Gasteiger partial charge >= 0.3 is 5.97 Å². The maximum atomic E-state index is 13.7. The summed E-state index contributed by atoms with van der Waals surface area (Å²) in [5.74, 6) is -5.39. The Balaban J connectivity index is 2.06. The average molecular weight is 351 g/mol. The van der Waals surface area contributed by atoms with E-state index in [0.29, 0.717) is 5.56 Å². The summed E-state index contributed by atoms with van der Waals surface area (Å²) in [7, 11) is 0. The van der Waals surface area contributed by atoms with Crippen LogP contribution in [-0.4, -0.2) is 35.2 Å². The molecular weight excluding hydrogens is 328 g/mol. The molecule has 1 aliphatic carbocycles. The Morgan fingerprint density at radius 1 is 1.40 bits per heavy atom. The van der Waals surface area contributed by atoms with Crippen molar-refractivity contribution in [1.82, 2.24) is 5.32 Å². The number of hydrogen-bond acceptors (Lipinski definition) is 3. The maximum absolute atomic E-state index is 13.7. The Morgan fingerprint density at radius 2 is 2.16 bits per heavy atom. The first-order valence-corrected chi connectivity index (χ1v) is 8.59. The Kier molecular flexibility index (Phi) is 4.68. The molecule has 1 aliphatic heterocycles. The molecule has 0 spiro atoms. The number of hydrogen-bond donors (Lipinski definition) is 3. The number of carboxylic acid groups (broad SMARTS) is 1. The second-order valence-corrected chi connectivity index (χ2v) is 7.03. The van der Waals surface area contributed by atoms with Crippen LogP contribution in [0.25, 0.3) is 5.57 Å². The molecule has 3 N–H and O–H groups in total. The van der Waals surface area contributed by atoms with Crippen LogP contribution in [0.2, 0.25) is 0 Å². The van der Waals surface area contributed by atoms with Crippen LogP contribution in [-0.2, 0) is 10.4 Å². The SMILES string of the molecule is Cc1c(C2=CCNCC2)cccc1[C@@](O)(C(=O)O)[C@@H]1CCC(F)(F)C1. The van der Waals surface area contributed by atoms with Crippen LogP contribution in [0.1, 0.15) is 42.4 Å². The minimum absolute atomic E-state index is 0.00785. The number of aliphatic carboxylic acids is 1. The van der Waals surface area contributed by atoms with Gasteiger partial charge in [-0.05, 0) is 48.6 Å². The quantitative estimate of drug-likeness (QED) is 0.780. The second-order valence-electron chi connectivity index (χ2n) is 7.03. The monoisotopic (exact) mass is 351 g/mol. The predicted octanol–water partition coefficient (Wildman–Crippen LogP) is 3.08. The number of carboxylic acids is 1. The van der Waals surface area contributed by atoms with E-state index >= 15 is 0 Å². The molecule has 2 aliphatic rings. The first kappa shape index (κ1) is 18.0. The molecule has 0 aromatic heterocycles. The molecule has 0 unspecified atom stereocenters. The van der Waals surface area contributed by atoms with Crippen LogP contribution >= 0.6 is 0 Å².